The van der Waals surface area contributed by atoms with Crippen molar-refractivity contribution in [3.8, 4) is 0 Å². The van der Waals surface area contributed by atoms with Crippen LogP contribution >= 0.6 is 0 Å². The van der Waals surface area contributed by atoms with Crippen molar-refractivity contribution >= 4 is 0 Å². The standard InChI is InChI=1S/C15H15F3N2/c1-11(12-7-9-19-10-8-12)20-14(15(16,17)18)13-5-3-2-4-6-13/h2-11,14,20H,1H3/t11-,14?/m1/s1. The van der Waals surface area contributed by atoms with Gasteiger partial charge in [-0.2, -0.15) is 13.2 Å². The first-order valence-corrected chi connectivity index (χ1v) is 6.26. The van der Waals surface area contributed by atoms with Crippen LogP contribution in [0, 0.1) is 0 Å². The van der Waals surface area contributed by atoms with Gasteiger partial charge in [0.15, 0.2) is 0 Å². The highest BCUT2D eigenvalue weighted by molar-refractivity contribution is 5.22. The van der Waals surface area contributed by atoms with E-state index >= 15 is 0 Å². The number of rotatable bonds is 4. The molecule has 0 spiro atoms. The van der Waals surface area contributed by atoms with E-state index in [1.807, 2.05) is 0 Å². The number of benzene rings is 1. The third-order valence-electron chi connectivity index (χ3n) is 3.08. The van der Waals surface area contributed by atoms with Crippen LogP contribution in [0.4, 0.5) is 13.2 Å². The van der Waals surface area contributed by atoms with Crippen LogP contribution in [0.25, 0.3) is 0 Å². The summed E-state index contributed by atoms with van der Waals surface area (Å²) in [6.07, 6.45) is -1.21. The third kappa shape index (κ3) is 3.57. The Morgan fingerprint density at radius 3 is 2.10 bits per heavy atom. The average Bonchev–Trinajstić information content (AvgIpc) is 2.45. The molecule has 0 bridgehead atoms. The number of halogens is 3. The molecule has 0 radical (unpaired) electrons. The van der Waals surface area contributed by atoms with Gasteiger partial charge in [-0.15, -0.1) is 0 Å². The minimum Gasteiger partial charge on any atom is -0.296 e. The topological polar surface area (TPSA) is 24.9 Å². The zero-order valence-electron chi connectivity index (χ0n) is 10.9. The van der Waals surface area contributed by atoms with Crippen LogP contribution < -0.4 is 5.32 Å². The third-order valence-corrected chi connectivity index (χ3v) is 3.08. The van der Waals surface area contributed by atoms with Gasteiger partial charge in [0, 0.05) is 18.4 Å². The van der Waals surface area contributed by atoms with Crippen LogP contribution in [0.3, 0.4) is 0 Å². The van der Waals surface area contributed by atoms with Crippen molar-refractivity contribution in [2.45, 2.75) is 25.2 Å². The van der Waals surface area contributed by atoms with Crippen molar-refractivity contribution in [2.75, 3.05) is 0 Å². The Morgan fingerprint density at radius 1 is 0.950 bits per heavy atom. The lowest BCUT2D eigenvalue weighted by atomic mass is 10.0. The summed E-state index contributed by atoms with van der Waals surface area (Å²) in [6, 6.07) is 9.15. The van der Waals surface area contributed by atoms with Gasteiger partial charge in [0.2, 0.25) is 0 Å². The normalized spacial score (nSPS) is 14.8. The van der Waals surface area contributed by atoms with Gasteiger partial charge in [-0.1, -0.05) is 30.3 Å². The van der Waals surface area contributed by atoms with Crippen LogP contribution in [0.2, 0.25) is 0 Å². The molecule has 1 aromatic heterocycles. The van der Waals surface area contributed by atoms with Crippen LogP contribution in [0.1, 0.15) is 30.1 Å². The molecule has 20 heavy (non-hydrogen) atoms. The Kier molecular flexibility index (Phi) is 4.39. The fourth-order valence-electron chi connectivity index (χ4n) is 2.02. The molecule has 0 saturated carbocycles. The Hall–Kier alpha value is -1.88. The molecule has 1 aromatic carbocycles. The quantitative estimate of drug-likeness (QED) is 0.914. The molecule has 0 fully saturated rings. The van der Waals surface area contributed by atoms with Crippen LogP contribution in [0.5, 0.6) is 0 Å². The maximum atomic E-state index is 13.2. The summed E-state index contributed by atoms with van der Waals surface area (Å²) in [6.45, 7) is 1.71. The molecular weight excluding hydrogens is 265 g/mol. The predicted molar refractivity (Wildman–Crippen MR) is 71.0 cm³/mol. The summed E-state index contributed by atoms with van der Waals surface area (Å²) in [5.41, 5.74) is 0.978. The van der Waals surface area contributed by atoms with Gasteiger partial charge in [-0.05, 0) is 30.2 Å². The summed E-state index contributed by atoms with van der Waals surface area (Å²) in [5.74, 6) is 0. The number of nitrogens with zero attached hydrogens (tertiary/aromatic N) is 1. The Bertz CT molecular complexity index is 526. The van der Waals surface area contributed by atoms with Crippen LogP contribution in [-0.4, -0.2) is 11.2 Å². The molecule has 2 aromatic rings. The van der Waals surface area contributed by atoms with Crippen molar-refractivity contribution in [1.82, 2.24) is 10.3 Å². The first kappa shape index (κ1) is 14.5. The van der Waals surface area contributed by atoms with E-state index in [9.17, 15) is 13.2 Å². The number of hydrogen-bond acceptors (Lipinski definition) is 2. The van der Waals surface area contributed by atoms with E-state index in [1.54, 1.807) is 49.6 Å². The average molecular weight is 280 g/mol. The molecule has 0 aliphatic rings. The van der Waals surface area contributed by atoms with E-state index in [1.165, 1.54) is 12.1 Å². The second-order valence-electron chi connectivity index (χ2n) is 4.55. The van der Waals surface area contributed by atoms with Crippen molar-refractivity contribution < 1.29 is 13.2 Å². The van der Waals surface area contributed by atoms with Crippen molar-refractivity contribution in [2.24, 2.45) is 0 Å². The molecule has 106 valence electrons. The van der Waals surface area contributed by atoms with Gasteiger partial charge < -0.3 is 0 Å². The maximum absolute atomic E-state index is 13.2. The fraction of sp³-hybridized carbons (Fsp3) is 0.267. The molecule has 0 saturated heterocycles. The summed E-state index contributed by atoms with van der Waals surface area (Å²) < 4.78 is 39.6. The number of alkyl halides is 3. The molecule has 0 amide bonds. The van der Waals surface area contributed by atoms with E-state index in [0.29, 0.717) is 0 Å². The largest absolute Gasteiger partial charge is 0.407 e. The summed E-state index contributed by atoms with van der Waals surface area (Å²) >= 11 is 0. The highest BCUT2D eigenvalue weighted by atomic mass is 19.4. The molecular formula is C15H15F3N2. The SMILES string of the molecule is C[C@@H](NC(c1ccccc1)C(F)(F)F)c1ccncc1. The summed E-state index contributed by atoms with van der Waals surface area (Å²) in [7, 11) is 0. The monoisotopic (exact) mass is 280 g/mol. The molecule has 1 heterocycles. The second kappa shape index (κ2) is 6.05. The molecule has 0 aliphatic heterocycles. The number of pyridine rings is 1. The van der Waals surface area contributed by atoms with Crippen molar-refractivity contribution in [3.63, 3.8) is 0 Å². The van der Waals surface area contributed by atoms with Crippen LogP contribution in [-0.2, 0) is 0 Å². The highest BCUT2D eigenvalue weighted by Gasteiger charge is 2.41. The Labute approximate surface area is 115 Å². The van der Waals surface area contributed by atoms with Gasteiger partial charge >= 0.3 is 6.18 Å². The molecule has 0 aliphatic carbocycles. The lowest BCUT2D eigenvalue weighted by Crippen LogP contribution is -2.35. The van der Waals surface area contributed by atoms with E-state index in [2.05, 4.69) is 10.3 Å². The highest BCUT2D eigenvalue weighted by Crippen LogP contribution is 2.34. The van der Waals surface area contributed by atoms with E-state index in [4.69, 9.17) is 0 Å². The zero-order valence-corrected chi connectivity index (χ0v) is 10.9. The molecule has 2 atom stereocenters. The van der Waals surface area contributed by atoms with E-state index < -0.39 is 18.3 Å². The summed E-state index contributed by atoms with van der Waals surface area (Å²) in [5, 5.41) is 2.64. The smallest absolute Gasteiger partial charge is 0.296 e. The van der Waals surface area contributed by atoms with E-state index in [0.717, 1.165) is 5.56 Å². The first-order valence-electron chi connectivity index (χ1n) is 6.26. The lowest BCUT2D eigenvalue weighted by molar-refractivity contribution is -0.159. The molecule has 5 heteroatoms. The summed E-state index contributed by atoms with van der Waals surface area (Å²) in [4.78, 5) is 3.86. The number of nitrogens with one attached hydrogen (secondary N) is 1. The molecule has 2 rings (SSSR count). The van der Waals surface area contributed by atoms with E-state index in [-0.39, 0.29) is 5.56 Å². The van der Waals surface area contributed by atoms with Gasteiger partial charge in [-0.25, -0.2) is 0 Å². The second-order valence-corrected chi connectivity index (χ2v) is 4.55. The number of hydrogen-bond donors (Lipinski definition) is 1. The van der Waals surface area contributed by atoms with Gasteiger partial charge in [0.1, 0.15) is 6.04 Å². The zero-order chi connectivity index (χ0) is 14.6. The lowest BCUT2D eigenvalue weighted by Gasteiger charge is -2.26. The number of aromatic nitrogens is 1. The molecule has 1 unspecified atom stereocenters. The molecule has 1 N–H and O–H groups in total. The van der Waals surface area contributed by atoms with Crippen LogP contribution in [0.15, 0.2) is 54.9 Å². The maximum Gasteiger partial charge on any atom is 0.407 e. The van der Waals surface area contributed by atoms with Crippen molar-refractivity contribution in [1.29, 1.82) is 0 Å². The van der Waals surface area contributed by atoms with Gasteiger partial charge in [-0.3, -0.25) is 10.3 Å². The predicted octanol–water partition coefficient (Wildman–Crippen LogP) is 4.04. The molecule has 2 nitrogen and oxygen atoms in total. The first-order chi connectivity index (χ1) is 9.48. The minimum absolute atomic E-state index is 0.209. The van der Waals surface area contributed by atoms with Gasteiger partial charge in [0.25, 0.3) is 0 Å². The fourth-order valence-corrected chi connectivity index (χ4v) is 2.02. The Balaban J connectivity index is 2.22. The Morgan fingerprint density at radius 2 is 1.55 bits per heavy atom. The van der Waals surface area contributed by atoms with Crippen molar-refractivity contribution in [3.05, 3.63) is 66.0 Å². The minimum atomic E-state index is -4.34. The van der Waals surface area contributed by atoms with Gasteiger partial charge in [0.05, 0.1) is 0 Å².